The van der Waals surface area contributed by atoms with E-state index in [2.05, 4.69) is 5.32 Å². The zero-order valence-corrected chi connectivity index (χ0v) is 13.0. The Balaban J connectivity index is 3.02. The first-order chi connectivity index (χ1) is 9.66. The Hall–Kier alpha value is -1.64. The van der Waals surface area contributed by atoms with Crippen LogP contribution in [0, 0.1) is 0 Å². The van der Waals surface area contributed by atoms with Crippen molar-refractivity contribution in [3.05, 3.63) is 28.8 Å². The van der Waals surface area contributed by atoms with Gasteiger partial charge in [0.25, 0.3) is 5.91 Å². The van der Waals surface area contributed by atoms with Gasteiger partial charge >= 0.3 is 5.97 Å². The van der Waals surface area contributed by atoms with E-state index in [4.69, 9.17) is 16.7 Å². The van der Waals surface area contributed by atoms with Crippen molar-refractivity contribution in [3.8, 4) is 0 Å². The average molecular weight is 335 g/mol. The van der Waals surface area contributed by atoms with E-state index in [1.54, 1.807) is 0 Å². The minimum atomic E-state index is -3.77. The number of halogens is 1. The van der Waals surface area contributed by atoms with Crippen LogP contribution in [0.5, 0.6) is 0 Å². The fraction of sp³-hybridized carbons (Fsp3) is 0.333. The van der Waals surface area contributed by atoms with Gasteiger partial charge < -0.3 is 10.4 Å². The Morgan fingerprint density at radius 3 is 2.48 bits per heavy atom. The molecule has 1 amide bonds. The van der Waals surface area contributed by atoms with Crippen LogP contribution in [-0.2, 0) is 14.8 Å². The second-order valence-electron chi connectivity index (χ2n) is 4.33. The number of carboxylic acids is 1. The van der Waals surface area contributed by atoms with Crippen LogP contribution >= 0.6 is 11.6 Å². The van der Waals surface area contributed by atoms with E-state index >= 15 is 0 Å². The summed E-state index contributed by atoms with van der Waals surface area (Å²) in [5, 5.41) is 10.9. The van der Waals surface area contributed by atoms with Crippen LogP contribution in [0.1, 0.15) is 16.8 Å². The lowest BCUT2D eigenvalue weighted by Gasteiger charge is -2.13. The molecule has 0 heterocycles. The minimum Gasteiger partial charge on any atom is -0.481 e. The van der Waals surface area contributed by atoms with Gasteiger partial charge in [-0.3, -0.25) is 9.59 Å². The monoisotopic (exact) mass is 334 g/mol. The summed E-state index contributed by atoms with van der Waals surface area (Å²) < 4.78 is 25.1. The van der Waals surface area contributed by atoms with Crippen molar-refractivity contribution in [1.82, 2.24) is 9.62 Å². The molecule has 1 aromatic rings. The summed E-state index contributed by atoms with van der Waals surface area (Å²) in [6.45, 7) is -0.0491. The maximum atomic E-state index is 12.1. The van der Waals surface area contributed by atoms with Crippen molar-refractivity contribution in [2.45, 2.75) is 11.3 Å². The molecule has 0 radical (unpaired) electrons. The molecule has 0 aliphatic carbocycles. The van der Waals surface area contributed by atoms with E-state index in [9.17, 15) is 18.0 Å². The smallest absolute Gasteiger partial charge is 0.305 e. The number of rotatable bonds is 6. The number of nitrogens with zero attached hydrogens (tertiary/aromatic N) is 1. The van der Waals surface area contributed by atoms with E-state index in [-0.39, 0.29) is 28.4 Å². The quantitative estimate of drug-likeness (QED) is 0.800. The van der Waals surface area contributed by atoms with Crippen LogP contribution < -0.4 is 5.32 Å². The normalized spacial score (nSPS) is 11.4. The molecule has 0 bridgehead atoms. The van der Waals surface area contributed by atoms with Gasteiger partial charge in [-0.15, -0.1) is 0 Å². The number of amides is 1. The number of nitrogens with one attached hydrogen (secondary N) is 1. The second kappa shape index (κ2) is 6.88. The van der Waals surface area contributed by atoms with E-state index in [1.807, 2.05) is 0 Å². The fourth-order valence-corrected chi connectivity index (χ4v) is 2.82. The summed E-state index contributed by atoms with van der Waals surface area (Å²) in [6.07, 6.45) is -0.220. The van der Waals surface area contributed by atoms with Gasteiger partial charge in [0.2, 0.25) is 10.0 Å². The lowest BCUT2D eigenvalue weighted by molar-refractivity contribution is -0.136. The van der Waals surface area contributed by atoms with Crippen molar-refractivity contribution < 1.29 is 23.1 Å². The SMILES string of the molecule is CN(C)S(=O)(=O)c1cc(C(=O)NCCC(=O)O)ccc1Cl. The van der Waals surface area contributed by atoms with Crippen molar-refractivity contribution in [2.24, 2.45) is 0 Å². The molecule has 116 valence electrons. The van der Waals surface area contributed by atoms with Gasteiger partial charge in [-0.2, -0.15) is 0 Å². The number of benzene rings is 1. The van der Waals surface area contributed by atoms with Crippen LogP contribution in [-0.4, -0.2) is 50.3 Å². The van der Waals surface area contributed by atoms with Crippen LogP contribution in [0.3, 0.4) is 0 Å². The molecule has 21 heavy (non-hydrogen) atoms. The number of carbonyl (C=O) groups is 2. The van der Waals surface area contributed by atoms with Crippen molar-refractivity contribution in [2.75, 3.05) is 20.6 Å². The summed E-state index contributed by atoms with van der Waals surface area (Å²) >= 11 is 5.86. The van der Waals surface area contributed by atoms with Gasteiger partial charge in [-0.25, -0.2) is 12.7 Å². The number of hydrogen-bond acceptors (Lipinski definition) is 4. The van der Waals surface area contributed by atoms with Gasteiger partial charge in [0.1, 0.15) is 4.90 Å². The van der Waals surface area contributed by atoms with Gasteiger partial charge in [0.15, 0.2) is 0 Å². The summed E-state index contributed by atoms with van der Waals surface area (Å²) in [5.41, 5.74) is 0.0882. The molecular weight excluding hydrogens is 320 g/mol. The molecule has 0 unspecified atom stereocenters. The lowest BCUT2D eigenvalue weighted by Crippen LogP contribution is -2.27. The highest BCUT2D eigenvalue weighted by molar-refractivity contribution is 7.89. The minimum absolute atomic E-state index is 0.00536. The third-order valence-corrected chi connectivity index (χ3v) is 4.87. The summed E-state index contributed by atoms with van der Waals surface area (Å²) in [7, 11) is -1.07. The highest BCUT2D eigenvalue weighted by atomic mass is 35.5. The molecular formula is C12H15ClN2O5S. The molecule has 9 heteroatoms. The van der Waals surface area contributed by atoms with Crippen LogP contribution in [0.2, 0.25) is 5.02 Å². The zero-order chi connectivity index (χ0) is 16.2. The first-order valence-electron chi connectivity index (χ1n) is 5.88. The summed E-state index contributed by atoms with van der Waals surface area (Å²) in [6, 6.07) is 3.84. The Labute approximate surface area is 127 Å². The van der Waals surface area contributed by atoms with Gasteiger partial charge in [0.05, 0.1) is 11.4 Å². The molecule has 0 fully saturated rings. The maximum Gasteiger partial charge on any atom is 0.305 e. The van der Waals surface area contributed by atoms with Crippen LogP contribution in [0.15, 0.2) is 23.1 Å². The highest BCUT2D eigenvalue weighted by Crippen LogP contribution is 2.24. The number of carboxylic acid groups (broad SMARTS) is 1. The van der Waals surface area contributed by atoms with E-state index in [0.29, 0.717) is 0 Å². The first-order valence-corrected chi connectivity index (χ1v) is 7.70. The van der Waals surface area contributed by atoms with Crippen molar-refractivity contribution in [3.63, 3.8) is 0 Å². The topological polar surface area (TPSA) is 104 Å². The third-order valence-electron chi connectivity index (χ3n) is 2.58. The lowest BCUT2D eigenvalue weighted by atomic mass is 10.2. The number of hydrogen-bond donors (Lipinski definition) is 2. The predicted molar refractivity (Wildman–Crippen MR) is 76.9 cm³/mol. The van der Waals surface area contributed by atoms with E-state index < -0.39 is 21.9 Å². The largest absolute Gasteiger partial charge is 0.481 e. The fourth-order valence-electron chi connectivity index (χ4n) is 1.42. The van der Waals surface area contributed by atoms with Crippen LogP contribution in [0.4, 0.5) is 0 Å². The molecule has 0 aliphatic heterocycles. The molecule has 1 aromatic carbocycles. The summed E-state index contributed by atoms with van der Waals surface area (Å²) in [5.74, 6) is -1.61. The maximum absolute atomic E-state index is 12.1. The number of aliphatic carboxylic acids is 1. The van der Waals surface area contributed by atoms with Gasteiger partial charge in [-0.05, 0) is 18.2 Å². The predicted octanol–water partition coefficient (Wildman–Crippen LogP) is 0.795. The molecule has 2 N–H and O–H groups in total. The van der Waals surface area contributed by atoms with Crippen molar-refractivity contribution >= 4 is 33.5 Å². The molecule has 0 saturated heterocycles. The Morgan fingerprint density at radius 2 is 1.95 bits per heavy atom. The molecule has 0 saturated carbocycles. The molecule has 0 atom stereocenters. The molecule has 0 aromatic heterocycles. The highest BCUT2D eigenvalue weighted by Gasteiger charge is 2.22. The van der Waals surface area contributed by atoms with Crippen molar-refractivity contribution in [1.29, 1.82) is 0 Å². The van der Waals surface area contributed by atoms with Gasteiger partial charge in [-0.1, -0.05) is 11.6 Å². The Bertz CT molecular complexity index is 658. The van der Waals surface area contributed by atoms with E-state index in [0.717, 1.165) is 10.4 Å². The standard InChI is InChI=1S/C12H15ClN2O5S/c1-15(2)21(19,20)10-7-8(3-4-9(10)13)12(18)14-6-5-11(16)17/h3-4,7H,5-6H2,1-2H3,(H,14,18)(H,16,17). The van der Waals surface area contributed by atoms with Crippen LogP contribution in [0.25, 0.3) is 0 Å². The second-order valence-corrected chi connectivity index (χ2v) is 6.86. The molecule has 0 spiro atoms. The third kappa shape index (κ3) is 4.42. The molecule has 1 rings (SSSR count). The van der Waals surface area contributed by atoms with Gasteiger partial charge in [0, 0.05) is 26.2 Å². The Morgan fingerprint density at radius 1 is 1.33 bits per heavy atom. The number of sulfonamides is 1. The molecule has 7 nitrogen and oxygen atoms in total. The molecule has 0 aliphatic rings. The van der Waals surface area contributed by atoms with E-state index in [1.165, 1.54) is 26.2 Å². The Kier molecular flexibility index (Phi) is 5.70. The first kappa shape index (κ1) is 17.4. The zero-order valence-electron chi connectivity index (χ0n) is 11.5. The average Bonchev–Trinajstić information content (AvgIpc) is 2.38. The number of carbonyl (C=O) groups excluding carboxylic acids is 1. The summed E-state index contributed by atoms with van der Waals surface area (Å²) in [4.78, 5) is 22.0.